The van der Waals surface area contributed by atoms with Crippen molar-refractivity contribution in [3.8, 4) is 0 Å². The molecular formula is C59H58Cl3N6NaO14. The van der Waals surface area contributed by atoms with Crippen LogP contribution in [0.4, 0.5) is 34.1 Å². The third-order valence-electron chi connectivity index (χ3n) is 13.1. The number of nitrogen functional groups attached to an aromatic ring is 2. The van der Waals surface area contributed by atoms with Crippen molar-refractivity contribution in [3.63, 3.8) is 0 Å². The molecule has 83 heavy (non-hydrogen) atoms. The van der Waals surface area contributed by atoms with Crippen molar-refractivity contribution in [2.45, 2.75) is 37.4 Å². The molecule has 3 fully saturated rings. The fourth-order valence-electron chi connectivity index (χ4n) is 8.85. The van der Waals surface area contributed by atoms with Gasteiger partial charge in [-0.3, -0.25) is 33.6 Å². The molecule has 0 saturated carbocycles. The van der Waals surface area contributed by atoms with Gasteiger partial charge in [0.2, 0.25) is 0 Å². The van der Waals surface area contributed by atoms with Crippen molar-refractivity contribution < 1.29 is 98.1 Å². The van der Waals surface area contributed by atoms with Crippen LogP contribution in [0.1, 0.15) is 102 Å². The molecule has 5 atom stereocenters. The summed E-state index contributed by atoms with van der Waals surface area (Å²) in [5.74, 6) is -1.39. The van der Waals surface area contributed by atoms with Gasteiger partial charge >= 0.3 is 29.6 Å². The van der Waals surface area contributed by atoms with Gasteiger partial charge in [-0.25, -0.2) is 0 Å². The van der Waals surface area contributed by atoms with Gasteiger partial charge in [0, 0.05) is 101 Å². The fraction of sp³-hybridized carbons (Fsp3) is 0.271. The molecular weight excluding hydrogens is 1150 g/mol. The van der Waals surface area contributed by atoms with E-state index in [1.807, 2.05) is 12.1 Å². The molecule has 0 bridgehead atoms. The Morgan fingerprint density at radius 1 is 0.482 bits per heavy atom. The van der Waals surface area contributed by atoms with Crippen LogP contribution in [-0.4, -0.2) is 156 Å². The van der Waals surface area contributed by atoms with Gasteiger partial charge in [-0.1, -0.05) is 72.8 Å². The second-order valence-electron chi connectivity index (χ2n) is 19.1. The number of carbonyl (C=O) groups is 7. The fourth-order valence-corrected chi connectivity index (χ4v) is 9.25. The molecule has 0 radical (unpaired) electrons. The number of fused-ring (bicyclic) bond motifs is 6. The average molecular weight is 1200 g/mol. The Morgan fingerprint density at radius 2 is 0.723 bits per heavy atom. The van der Waals surface area contributed by atoms with E-state index in [1.165, 1.54) is 0 Å². The quantitative estimate of drug-likeness (QED) is 0.0305. The van der Waals surface area contributed by atoms with Gasteiger partial charge in [0.05, 0.1) is 101 Å². The zero-order valence-corrected chi connectivity index (χ0v) is 49.3. The number of alkyl halides is 3. The molecule has 3 saturated heterocycles. The molecule has 430 valence electrons. The predicted octanol–water partition coefficient (Wildman–Crippen LogP) is 3.74. The molecule has 0 spiro atoms. The van der Waals surface area contributed by atoms with Crippen molar-refractivity contribution >= 4 is 110 Å². The van der Waals surface area contributed by atoms with Gasteiger partial charge in [-0.05, 0) is 36.4 Å². The van der Waals surface area contributed by atoms with Gasteiger partial charge in [0.25, 0.3) is 5.97 Å². The summed E-state index contributed by atoms with van der Waals surface area (Å²) in [4.78, 5) is 86.3. The van der Waals surface area contributed by atoms with E-state index in [0.29, 0.717) is 92.3 Å². The first-order valence-electron chi connectivity index (χ1n) is 25.6. The molecule has 6 aliphatic rings. The number of aliphatic hydroxyl groups excluding tert-OH is 2. The van der Waals surface area contributed by atoms with E-state index in [-0.39, 0.29) is 140 Å². The van der Waals surface area contributed by atoms with E-state index < -0.39 is 18.2 Å². The van der Waals surface area contributed by atoms with Crippen LogP contribution >= 0.6 is 34.8 Å². The van der Waals surface area contributed by atoms with Crippen molar-refractivity contribution in [2.75, 3.05) is 96.4 Å². The van der Waals surface area contributed by atoms with E-state index in [2.05, 4.69) is 21.3 Å². The predicted molar refractivity (Wildman–Crippen MR) is 311 cm³/mol. The Bertz CT molecular complexity index is 3220. The number of ketones is 6. The smallest absolute Gasteiger partial charge is 0.870 e. The number of hydrogen-bond acceptors (Lipinski definition) is 19. The maximum atomic E-state index is 13.2. The molecule has 24 heteroatoms. The van der Waals surface area contributed by atoms with Crippen molar-refractivity contribution in [2.24, 2.45) is 0 Å². The number of hydrogen-bond donors (Lipinski definition) is 9. The molecule has 20 nitrogen and oxygen atoms in total. The molecule has 6 aromatic rings. The number of benzene rings is 6. The molecule has 3 aliphatic carbocycles. The normalized spacial score (nSPS) is 17.3. The summed E-state index contributed by atoms with van der Waals surface area (Å²) >= 11 is 16.5. The van der Waals surface area contributed by atoms with Crippen molar-refractivity contribution in [1.29, 1.82) is 0 Å². The van der Waals surface area contributed by atoms with E-state index in [0.717, 1.165) is 26.7 Å². The minimum Gasteiger partial charge on any atom is -0.870 e. The van der Waals surface area contributed by atoms with Crippen LogP contribution in [-0.2, 0) is 19.0 Å². The van der Waals surface area contributed by atoms with Crippen LogP contribution in [0.15, 0.2) is 109 Å². The summed E-state index contributed by atoms with van der Waals surface area (Å²) < 4.78 is 15.2. The molecule has 0 amide bonds. The molecule has 12 N–H and O–H groups in total. The van der Waals surface area contributed by atoms with Gasteiger partial charge in [-0.15, -0.1) is 34.8 Å². The SMILES string of the molecule is CC(=O)O.ClC[C@@H]1CO1.Nc1ccc(N)c2c1C(=O)c1ccccc1C2=O.O=C1c2ccccc2C(=O)c2c(NC[C@H](O)CCl)ccc(NC[C@H](O)CCl)c21.O=C1c2ccccc2C(=O)c2c(NC[C@H]3CO3)ccc(NC[C@H]3CO3)c21.[Na+].[OH-]. The minimum atomic E-state index is -0.833. The number of epoxide rings is 3. The number of carboxylic acid groups (broad SMARTS) is 1. The third kappa shape index (κ3) is 15.7. The second-order valence-corrected chi connectivity index (χ2v) is 20.0. The number of halogens is 3. The van der Waals surface area contributed by atoms with Crippen LogP contribution in [0.5, 0.6) is 0 Å². The van der Waals surface area contributed by atoms with E-state index in [1.54, 1.807) is 97.1 Å². The zero-order valence-electron chi connectivity index (χ0n) is 45.0. The number of carboxylic acids is 1. The van der Waals surface area contributed by atoms with Crippen molar-refractivity contribution in [1.82, 2.24) is 0 Å². The van der Waals surface area contributed by atoms with E-state index in [4.69, 9.17) is 70.4 Å². The first kappa shape index (κ1) is 65.4. The number of carbonyl (C=O) groups excluding carboxylic acids is 6. The summed E-state index contributed by atoms with van der Waals surface area (Å²) in [6, 6.07) is 30.5. The van der Waals surface area contributed by atoms with Crippen LogP contribution in [0.3, 0.4) is 0 Å². The first-order chi connectivity index (χ1) is 39.0. The Labute approximate surface area is 514 Å². The van der Waals surface area contributed by atoms with E-state index in [9.17, 15) is 39.0 Å². The standard InChI is InChI=1S/C20H20Cl2N2O4.C20H18N2O4.C14H10N2O2.C3H5ClO.C2H4O2.Na.H2O/c21-7-11(25)9-23-15-5-6-16(24-10-12(26)8-22)18-17(15)19(27)13-3-1-2-4-14(13)20(18)28;23-19-13-3-1-2-4-14(13)20(24)18-16(22-8-12-10-26-12)6-5-15(17(18)19)21-7-11-9-25-11;15-9-5-6-10(16)12-11(9)13(17)7-3-1-2-4-8(7)14(12)18;4-1-3-2-5-3;1-2(3)4;;/h1-6,11-12,23-26H,7-10H2;1-6,11-12,21-22H,7-10H2;1-6H,15-16H2;3H,1-2H2;1H3,(H,3,4);;1H2/q;;;;;+1;/p-1/t2*11-,12-;;3-;;;/m10.1.../s1. The molecule has 6 aromatic carbocycles. The maximum Gasteiger partial charge on any atom is 1.00 e. The van der Waals surface area contributed by atoms with Gasteiger partial charge in [0.1, 0.15) is 0 Å². The molecule has 3 aliphatic heterocycles. The van der Waals surface area contributed by atoms with Gasteiger partial charge in [0.15, 0.2) is 34.7 Å². The van der Waals surface area contributed by atoms with Crippen LogP contribution in [0.25, 0.3) is 0 Å². The number of ether oxygens (including phenoxy) is 3. The Balaban J connectivity index is 0.000000186. The molecule has 0 unspecified atom stereocenters. The summed E-state index contributed by atoms with van der Waals surface area (Å²) in [7, 11) is 0. The molecule has 0 aromatic heterocycles. The molecule has 12 rings (SSSR count). The number of aliphatic hydroxyl groups is 2. The third-order valence-corrected chi connectivity index (χ3v) is 14.2. The topological polar surface area (TPSA) is 348 Å². The molecule has 3 heterocycles. The summed E-state index contributed by atoms with van der Waals surface area (Å²) in [5, 5.41) is 39.4. The van der Waals surface area contributed by atoms with Gasteiger partial charge < -0.3 is 67.7 Å². The Morgan fingerprint density at radius 3 is 0.940 bits per heavy atom. The number of rotatable bonds is 15. The summed E-state index contributed by atoms with van der Waals surface area (Å²) in [6.45, 7) is 4.94. The van der Waals surface area contributed by atoms with Crippen molar-refractivity contribution in [3.05, 3.63) is 176 Å². The number of nitrogens with two attached hydrogens (primary N) is 2. The minimum absolute atomic E-state index is 0. The largest absolute Gasteiger partial charge is 1.00 e. The second kappa shape index (κ2) is 29.7. The Hall–Kier alpha value is -6.76. The van der Waals surface area contributed by atoms with E-state index >= 15 is 0 Å². The van der Waals surface area contributed by atoms with Crippen LogP contribution < -0.4 is 62.3 Å². The number of anilines is 6. The Kier molecular flexibility index (Phi) is 23.4. The number of aliphatic carboxylic acids is 1. The first-order valence-corrected chi connectivity index (χ1v) is 27.2. The summed E-state index contributed by atoms with van der Waals surface area (Å²) in [5.41, 5.74) is 18.5. The van der Waals surface area contributed by atoms with Crippen LogP contribution in [0, 0.1) is 0 Å². The van der Waals surface area contributed by atoms with Crippen LogP contribution in [0.2, 0.25) is 0 Å². The average Bonchev–Trinajstić information content (AvgIpc) is 4.14. The van der Waals surface area contributed by atoms with Gasteiger partial charge in [-0.2, -0.15) is 0 Å². The number of nitrogens with one attached hydrogen (secondary N) is 4. The zero-order chi connectivity index (χ0) is 58.1. The summed E-state index contributed by atoms with van der Waals surface area (Å²) in [6.07, 6.45) is -0.836. The monoisotopic (exact) mass is 1200 g/mol. The maximum absolute atomic E-state index is 13.2.